The Morgan fingerprint density at radius 1 is 0.633 bits per heavy atom. The molecule has 2 atom stereocenters. The Morgan fingerprint density at radius 2 is 1.03 bits per heavy atom. The topological polar surface area (TPSA) is 61.4 Å². The molecule has 0 saturated carbocycles. The number of benzene rings is 3. The molecule has 2 N–H and O–H groups in total. The molecule has 4 rings (SSSR count). The third kappa shape index (κ3) is 4.51. The average Bonchev–Trinajstić information content (AvgIpc) is 2.80. The Kier molecular flexibility index (Phi) is 6.09. The Balaban J connectivity index is 1.60. The Morgan fingerprint density at radius 3 is 1.47 bits per heavy atom. The van der Waals surface area contributed by atoms with Gasteiger partial charge in [0.15, 0.2) is 0 Å². The number of nitrogens with one attached hydrogen (secondary N) is 2. The smallest absolute Gasteiger partial charge is 0.247 e. The molecule has 0 radical (unpaired) electrons. The highest BCUT2D eigenvalue weighted by molar-refractivity contribution is 6.01. The van der Waals surface area contributed by atoms with Crippen molar-refractivity contribution in [1.82, 2.24) is 0 Å². The lowest BCUT2D eigenvalue weighted by molar-refractivity contribution is -0.120. The highest BCUT2D eigenvalue weighted by Gasteiger charge is 2.38. The zero-order valence-electron chi connectivity index (χ0n) is 16.7. The van der Waals surface area contributed by atoms with Crippen LogP contribution in [0, 0.1) is 0 Å². The maximum absolute atomic E-state index is 13.2. The van der Waals surface area contributed by atoms with E-state index in [-0.39, 0.29) is 11.8 Å². The molecule has 30 heavy (non-hydrogen) atoms. The average molecular weight is 399 g/mol. The second-order valence-electron chi connectivity index (χ2n) is 7.42. The van der Waals surface area contributed by atoms with Crippen molar-refractivity contribution in [3.63, 3.8) is 0 Å². The fourth-order valence-corrected chi connectivity index (χ4v) is 3.97. The lowest BCUT2D eigenvalue weighted by atomic mass is 9.93. The van der Waals surface area contributed by atoms with Crippen LogP contribution in [0.15, 0.2) is 91.0 Å². The number of nitrogens with zero attached hydrogens (tertiary/aromatic N) is 1. The van der Waals surface area contributed by atoms with Crippen LogP contribution >= 0.6 is 0 Å². The van der Waals surface area contributed by atoms with E-state index >= 15 is 0 Å². The second-order valence-corrected chi connectivity index (χ2v) is 7.42. The molecular formula is C25H25N3O2. The summed E-state index contributed by atoms with van der Waals surface area (Å²) in [5.74, 6) is -0.190. The van der Waals surface area contributed by atoms with Crippen molar-refractivity contribution in [3.8, 4) is 0 Å². The molecule has 1 fully saturated rings. The number of hydrogen-bond donors (Lipinski definition) is 2. The molecule has 3 aromatic carbocycles. The van der Waals surface area contributed by atoms with E-state index in [2.05, 4.69) is 10.6 Å². The van der Waals surface area contributed by atoms with E-state index in [4.69, 9.17) is 0 Å². The Hall–Kier alpha value is -3.60. The van der Waals surface area contributed by atoms with E-state index in [0.717, 1.165) is 23.5 Å². The molecular weight excluding hydrogens is 374 g/mol. The van der Waals surface area contributed by atoms with Crippen molar-refractivity contribution in [2.75, 3.05) is 15.5 Å². The number of para-hydroxylation sites is 3. The summed E-state index contributed by atoms with van der Waals surface area (Å²) in [5.41, 5.74) is 2.39. The molecule has 0 spiro atoms. The first-order chi connectivity index (χ1) is 14.7. The highest BCUT2D eigenvalue weighted by atomic mass is 16.2. The fraction of sp³-hybridized carbons (Fsp3) is 0.200. The summed E-state index contributed by atoms with van der Waals surface area (Å²) in [6.07, 6.45) is 2.20. The molecule has 1 saturated heterocycles. The predicted octanol–water partition coefficient (Wildman–Crippen LogP) is 4.69. The monoisotopic (exact) mass is 399 g/mol. The summed E-state index contributed by atoms with van der Waals surface area (Å²) in [6, 6.07) is 27.7. The van der Waals surface area contributed by atoms with E-state index < -0.39 is 12.1 Å². The van der Waals surface area contributed by atoms with Crippen LogP contribution in [0.2, 0.25) is 0 Å². The van der Waals surface area contributed by atoms with Gasteiger partial charge in [-0.3, -0.25) is 9.59 Å². The van der Waals surface area contributed by atoms with Gasteiger partial charge in [-0.25, -0.2) is 0 Å². The molecule has 152 valence electrons. The Labute approximate surface area is 176 Å². The van der Waals surface area contributed by atoms with Crippen LogP contribution in [0.3, 0.4) is 0 Å². The lowest BCUT2D eigenvalue weighted by Crippen LogP contribution is -2.56. The summed E-state index contributed by atoms with van der Waals surface area (Å²) in [7, 11) is 0. The van der Waals surface area contributed by atoms with E-state index in [1.54, 1.807) is 0 Å². The molecule has 2 amide bonds. The standard InChI is InChI=1S/C25H25N3O2/c29-24(26-19-11-4-1-5-12-19)22-17-10-18-23(28(22)21-15-8-3-9-16-21)25(30)27-20-13-6-2-7-14-20/h1-9,11-16,22-23H,10,17-18H2,(H,26,29)(H,27,30). The zero-order chi connectivity index (χ0) is 20.8. The van der Waals surface area contributed by atoms with Gasteiger partial charge in [0, 0.05) is 17.1 Å². The van der Waals surface area contributed by atoms with Crippen molar-refractivity contribution < 1.29 is 9.59 Å². The molecule has 1 aliphatic rings. The summed E-state index contributed by atoms with van der Waals surface area (Å²) in [5, 5.41) is 6.02. The van der Waals surface area contributed by atoms with Crippen LogP contribution < -0.4 is 15.5 Å². The van der Waals surface area contributed by atoms with Crippen LogP contribution in [-0.4, -0.2) is 23.9 Å². The van der Waals surface area contributed by atoms with Crippen molar-refractivity contribution in [1.29, 1.82) is 0 Å². The summed E-state index contributed by atoms with van der Waals surface area (Å²) < 4.78 is 0. The van der Waals surface area contributed by atoms with Crippen LogP contribution in [-0.2, 0) is 9.59 Å². The number of carbonyl (C=O) groups is 2. The minimum absolute atomic E-state index is 0.0951. The first-order valence-electron chi connectivity index (χ1n) is 10.3. The molecule has 5 nitrogen and oxygen atoms in total. The number of anilines is 3. The number of piperidine rings is 1. The van der Waals surface area contributed by atoms with Gasteiger partial charge in [-0.2, -0.15) is 0 Å². The van der Waals surface area contributed by atoms with Gasteiger partial charge in [0.25, 0.3) is 0 Å². The van der Waals surface area contributed by atoms with Crippen molar-refractivity contribution in [2.45, 2.75) is 31.3 Å². The van der Waals surface area contributed by atoms with Crippen LogP contribution in [0.25, 0.3) is 0 Å². The number of rotatable bonds is 5. The number of amides is 2. The van der Waals surface area contributed by atoms with Gasteiger partial charge in [0.1, 0.15) is 12.1 Å². The van der Waals surface area contributed by atoms with Gasteiger partial charge in [-0.05, 0) is 55.7 Å². The molecule has 0 aliphatic carbocycles. The van der Waals surface area contributed by atoms with Gasteiger partial charge in [0.2, 0.25) is 11.8 Å². The van der Waals surface area contributed by atoms with E-state index in [1.807, 2.05) is 95.9 Å². The van der Waals surface area contributed by atoms with Crippen molar-refractivity contribution in [3.05, 3.63) is 91.0 Å². The summed E-state index contributed by atoms with van der Waals surface area (Å²) >= 11 is 0. The summed E-state index contributed by atoms with van der Waals surface area (Å²) in [4.78, 5) is 28.4. The van der Waals surface area contributed by atoms with E-state index in [1.165, 1.54) is 0 Å². The van der Waals surface area contributed by atoms with Gasteiger partial charge in [-0.1, -0.05) is 54.6 Å². The van der Waals surface area contributed by atoms with Crippen LogP contribution in [0.1, 0.15) is 19.3 Å². The highest BCUT2D eigenvalue weighted by Crippen LogP contribution is 2.31. The number of hydrogen-bond acceptors (Lipinski definition) is 3. The minimum Gasteiger partial charge on any atom is -0.347 e. The second kappa shape index (κ2) is 9.27. The zero-order valence-corrected chi connectivity index (χ0v) is 16.7. The van der Waals surface area contributed by atoms with Gasteiger partial charge in [0.05, 0.1) is 0 Å². The van der Waals surface area contributed by atoms with Crippen LogP contribution in [0.4, 0.5) is 17.1 Å². The maximum atomic E-state index is 13.2. The normalized spacial score (nSPS) is 18.5. The molecule has 0 aromatic heterocycles. The van der Waals surface area contributed by atoms with Gasteiger partial charge >= 0.3 is 0 Å². The SMILES string of the molecule is O=C(Nc1ccccc1)C1CCCC(C(=O)Nc2ccccc2)N1c1ccccc1. The van der Waals surface area contributed by atoms with Gasteiger partial charge < -0.3 is 15.5 Å². The minimum atomic E-state index is -0.423. The predicted molar refractivity (Wildman–Crippen MR) is 120 cm³/mol. The van der Waals surface area contributed by atoms with Crippen molar-refractivity contribution in [2.24, 2.45) is 0 Å². The largest absolute Gasteiger partial charge is 0.347 e. The molecule has 5 heteroatoms. The third-order valence-corrected chi connectivity index (χ3v) is 5.37. The van der Waals surface area contributed by atoms with E-state index in [0.29, 0.717) is 12.8 Å². The Bertz CT molecular complexity index is 916. The molecule has 3 aromatic rings. The van der Waals surface area contributed by atoms with Crippen molar-refractivity contribution >= 4 is 28.9 Å². The van der Waals surface area contributed by atoms with E-state index in [9.17, 15) is 9.59 Å². The number of carbonyl (C=O) groups excluding carboxylic acids is 2. The summed E-state index contributed by atoms with van der Waals surface area (Å²) in [6.45, 7) is 0. The molecule has 0 bridgehead atoms. The lowest BCUT2D eigenvalue weighted by Gasteiger charge is -2.42. The quantitative estimate of drug-likeness (QED) is 0.654. The molecule has 2 unspecified atom stereocenters. The maximum Gasteiger partial charge on any atom is 0.247 e. The first kappa shape index (κ1) is 19.7. The van der Waals surface area contributed by atoms with Crippen LogP contribution in [0.5, 0.6) is 0 Å². The first-order valence-corrected chi connectivity index (χ1v) is 10.3. The van der Waals surface area contributed by atoms with Gasteiger partial charge in [-0.15, -0.1) is 0 Å². The molecule has 1 heterocycles. The fourth-order valence-electron chi connectivity index (χ4n) is 3.97. The third-order valence-electron chi connectivity index (χ3n) is 5.37. The molecule has 1 aliphatic heterocycles.